The number of aryl methyl sites for hydroxylation is 2. The van der Waals surface area contributed by atoms with Crippen molar-refractivity contribution in [2.24, 2.45) is 5.92 Å². The number of esters is 2. The number of rotatable bonds is 28. The maximum Gasteiger partial charge on any atom is 0.408 e. The lowest BCUT2D eigenvalue weighted by Gasteiger charge is -2.31. The number of carbonyl (C=O) groups is 9. The number of carbonyl (C=O) groups excluding carboxylic acids is 8. The standard InChI is InChI=1S/C61H83FN8O18/c1-33(2)49(56(78)86-51-37-28-45-50-38(31-70(45)54(76)39(37)32-85-57(51)79)36-15-12-14-35-34(3)40(62)29-42(66-50)48(35)36)68-53(75)44-17-13-21-69(44)55(77)43(30-47(72)73)65-46(71)18-22-82-24-26-84-27-25-83-23-20-63-52(74)41(67-59(81)88-61(7,8)9)16-10-11-19-64-58(80)87-60(4,5)6/h28-29,33,41,43-44,49,51H,10-27,30-32H2,1-9H3,(H,63,74)(H,64,80)(H,65,71)(H,67,81)(H,68,75)(H,72,73). The van der Waals surface area contributed by atoms with Gasteiger partial charge in [0, 0.05) is 48.6 Å². The maximum atomic E-state index is 15.2. The third-order valence-corrected chi connectivity index (χ3v) is 15.2. The molecule has 7 rings (SSSR count). The Bertz CT molecular complexity index is 3190. The summed E-state index contributed by atoms with van der Waals surface area (Å²) in [4.78, 5) is 138. The molecule has 26 nitrogen and oxygen atoms in total. The minimum absolute atomic E-state index is 0.0375. The number of hydrogen-bond donors (Lipinski definition) is 6. The number of hydrogen-bond acceptors (Lipinski definition) is 18. The molecule has 0 spiro atoms. The van der Waals surface area contributed by atoms with E-state index in [4.69, 9.17) is 38.1 Å². The largest absolute Gasteiger partial charge is 0.481 e. The predicted molar refractivity (Wildman–Crippen MR) is 313 cm³/mol. The van der Waals surface area contributed by atoms with Crippen molar-refractivity contribution in [3.05, 3.63) is 61.7 Å². The molecule has 1 aliphatic carbocycles. The second kappa shape index (κ2) is 29.9. The topological polar surface area (TPSA) is 337 Å². The third-order valence-electron chi connectivity index (χ3n) is 15.2. The lowest BCUT2D eigenvalue weighted by molar-refractivity contribution is -0.173. The Labute approximate surface area is 509 Å². The number of carboxylic acids is 1. The minimum atomic E-state index is -1.70. The number of nitrogens with zero attached hydrogens (tertiary/aromatic N) is 3. The molecule has 5 atom stereocenters. The Kier molecular flexibility index (Phi) is 23.0. The van der Waals surface area contributed by atoms with Gasteiger partial charge >= 0.3 is 30.1 Å². The van der Waals surface area contributed by atoms with E-state index in [1.807, 2.05) is 0 Å². The zero-order valence-electron chi connectivity index (χ0n) is 51.6. The second-order valence-electron chi connectivity index (χ2n) is 24.5. The van der Waals surface area contributed by atoms with Crippen LogP contribution in [0, 0.1) is 18.7 Å². The average molecular weight is 1240 g/mol. The lowest BCUT2D eigenvalue weighted by atomic mass is 9.85. The molecule has 0 radical (unpaired) electrons. The van der Waals surface area contributed by atoms with Crippen molar-refractivity contribution in [1.29, 1.82) is 0 Å². The van der Waals surface area contributed by atoms with Crippen LogP contribution in [0.25, 0.3) is 22.3 Å². The van der Waals surface area contributed by atoms with E-state index < -0.39 is 113 Å². The van der Waals surface area contributed by atoms with Crippen LogP contribution in [0.5, 0.6) is 0 Å². The zero-order valence-corrected chi connectivity index (χ0v) is 51.6. The number of fused-ring (bicyclic) bond motifs is 5. The molecule has 1 saturated heterocycles. The lowest BCUT2D eigenvalue weighted by Crippen LogP contribution is -2.56. The number of likely N-dealkylation sites (tertiary alicyclic amines) is 1. The number of aromatic nitrogens is 2. The van der Waals surface area contributed by atoms with Crippen LogP contribution < -0.4 is 32.1 Å². The van der Waals surface area contributed by atoms with E-state index in [9.17, 15) is 53.1 Å². The summed E-state index contributed by atoms with van der Waals surface area (Å²) in [6.45, 7) is 16.3. The molecule has 6 amide bonds. The van der Waals surface area contributed by atoms with Crippen LogP contribution in [0.1, 0.15) is 146 Å². The maximum absolute atomic E-state index is 15.2. The predicted octanol–water partition coefficient (Wildman–Crippen LogP) is 4.24. The fourth-order valence-corrected chi connectivity index (χ4v) is 11.0. The Morgan fingerprint density at radius 1 is 0.784 bits per heavy atom. The first-order valence-corrected chi connectivity index (χ1v) is 30.0. The fraction of sp³-hybridized carbons (Fsp3) is 0.623. The highest BCUT2D eigenvalue weighted by Crippen LogP contribution is 2.42. The monoisotopic (exact) mass is 1230 g/mol. The highest BCUT2D eigenvalue weighted by atomic mass is 19.1. The van der Waals surface area contributed by atoms with E-state index in [0.717, 1.165) is 33.4 Å². The van der Waals surface area contributed by atoms with Crippen molar-refractivity contribution >= 4 is 64.6 Å². The number of aliphatic carboxylic acids is 1. The van der Waals surface area contributed by atoms with Gasteiger partial charge in [-0.25, -0.2) is 28.6 Å². The molecule has 27 heteroatoms. The molecule has 0 saturated carbocycles. The van der Waals surface area contributed by atoms with Gasteiger partial charge < -0.3 is 74.3 Å². The first kappa shape index (κ1) is 67.7. The van der Waals surface area contributed by atoms with Crippen LogP contribution >= 0.6 is 0 Å². The van der Waals surface area contributed by atoms with Crippen molar-refractivity contribution in [2.75, 3.05) is 59.3 Å². The van der Waals surface area contributed by atoms with E-state index >= 15 is 4.39 Å². The molecule has 5 heterocycles. The number of carboxylic acid groups (broad SMARTS) is 1. The Balaban J connectivity index is 0.836. The number of pyridine rings is 2. The second-order valence-corrected chi connectivity index (χ2v) is 24.5. The van der Waals surface area contributed by atoms with Gasteiger partial charge in [0.1, 0.15) is 47.8 Å². The third kappa shape index (κ3) is 17.7. The normalized spacial score (nSPS) is 16.9. The molecular formula is C61H83FN8O18. The number of unbranched alkanes of at least 4 members (excludes halogenated alkanes) is 1. The number of ether oxygens (including phenoxy) is 7. The van der Waals surface area contributed by atoms with Gasteiger partial charge in [0.25, 0.3) is 5.56 Å². The van der Waals surface area contributed by atoms with Crippen LogP contribution in [-0.2, 0) is 92.7 Å². The Morgan fingerprint density at radius 3 is 2.14 bits per heavy atom. The van der Waals surface area contributed by atoms with Gasteiger partial charge in [-0.1, -0.05) is 13.8 Å². The minimum Gasteiger partial charge on any atom is -0.481 e. The van der Waals surface area contributed by atoms with Crippen LogP contribution in [0.2, 0.25) is 0 Å². The Hall–Kier alpha value is -7.78. The summed E-state index contributed by atoms with van der Waals surface area (Å²) >= 11 is 0. The highest BCUT2D eigenvalue weighted by Gasteiger charge is 2.43. The van der Waals surface area contributed by atoms with Crippen molar-refractivity contribution in [1.82, 2.24) is 41.0 Å². The van der Waals surface area contributed by atoms with Crippen molar-refractivity contribution < 1.29 is 85.8 Å². The van der Waals surface area contributed by atoms with Gasteiger partial charge in [0.05, 0.1) is 75.1 Å². The summed E-state index contributed by atoms with van der Waals surface area (Å²) in [5, 5.41) is 23.8. The summed E-state index contributed by atoms with van der Waals surface area (Å²) in [5.41, 5.74) is 2.86. The number of cyclic esters (lactones) is 1. The molecule has 3 aliphatic heterocycles. The smallest absolute Gasteiger partial charge is 0.408 e. The molecule has 0 bridgehead atoms. The van der Waals surface area contributed by atoms with E-state index in [1.54, 1.807) is 68.4 Å². The van der Waals surface area contributed by atoms with Crippen molar-refractivity contribution in [3.63, 3.8) is 0 Å². The number of halogens is 1. The first-order chi connectivity index (χ1) is 41.6. The molecule has 6 N–H and O–H groups in total. The molecular weight excluding hydrogens is 1150 g/mol. The van der Waals surface area contributed by atoms with Crippen LogP contribution in [0.15, 0.2) is 16.9 Å². The molecule has 482 valence electrons. The average Bonchev–Trinajstić information content (AvgIpc) is 1.50. The van der Waals surface area contributed by atoms with Crippen LogP contribution in [0.3, 0.4) is 0 Å². The van der Waals surface area contributed by atoms with Gasteiger partial charge in [-0.2, -0.15) is 0 Å². The zero-order chi connectivity index (χ0) is 64.2. The molecule has 5 unspecified atom stereocenters. The number of nitrogens with one attached hydrogen (secondary N) is 5. The SMILES string of the molecule is Cc1c(F)cc2nc3c(c4c2c1CCC4)Cn1c-3cc2c(c1=O)COC(=O)C2OC(=O)C(NC(=O)C1CCCN1C(=O)C(CC(=O)O)NC(=O)CCOCCOCCOCCNC(=O)C(CCCCNC(=O)OC(C)(C)C)NC(=O)OC(C)(C)C)C(C)C. The molecule has 1 aromatic carbocycles. The first-order valence-electron chi connectivity index (χ1n) is 30.0. The highest BCUT2D eigenvalue weighted by molar-refractivity contribution is 5.96. The van der Waals surface area contributed by atoms with Crippen LogP contribution in [0.4, 0.5) is 14.0 Å². The number of alkyl carbamates (subject to hydrolysis) is 2. The molecule has 88 heavy (non-hydrogen) atoms. The summed E-state index contributed by atoms with van der Waals surface area (Å²) < 4.78 is 55.1. The number of amides is 6. The van der Waals surface area contributed by atoms with Crippen molar-refractivity contribution in [3.8, 4) is 11.4 Å². The molecule has 4 aliphatic rings. The van der Waals surface area contributed by atoms with E-state index in [-0.39, 0.29) is 102 Å². The van der Waals surface area contributed by atoms with E-state index in [2.05, 4.69) is 26.6 Å². The number of benzene rings is 1. The van der Waals surface area contributed by atoms with Gasteiger partial charge in [0.15, 0.2) is 0 Å². The fourth-order valence-electron chi connectivity index (χ4n) is 11.0. The molecule has 2 aromatic heterocycles. The van der Waals surface area contributed by atoms with E-state index in [1.165, 1.54) is 10.6 Å². The van der Waals surface area contributed by atoms with Crippen LogP contribution in [-0.4, -0.2) is 168 Å². The Morgan fingerprint density at radius 2 is 1.45 bits per heavy atom. The van der Waals surface area contributed by atoms with Gasteiger partial charge in [-0.05, 0) is 129 Å². The molecule has 1 fully saturated rings. The van der Waals surface area contributed by atoms with Gasteiger partial charge in [0.2, 0.25) is 29.7 Å². The van der Waals surface area contributed by atoms with Gasteiger partial charge in [-0.15, -0.1) is 0 Å². The van der Waals surface area contributed by atoms with Crippen molar-refractivity contribution in [2.45, 2.75) is 181 Å². The summed E-state index contributed by atoms with van der Waals surface area (Å²) in [6.07, 6.45) is -0.0849. The summed E-state index contributed by atoms with van der Waals surface area (Å²) in [7, 11) is 0. The molecule has 3 aromatic rings. The quantitative estimate of drug-likeness (QED) is 0.0263. The van der Waals surface area contributed by atoms with Gasteiger partial charge in [-0.3, -0.25) is 28.8 Å². The summed E-state index contributed by atoms with van der Waals surface area (Å²) in [5.74, 6) is -7.11. The van der Waals surface area contributed by atoms with E-state index in [0.29, 0.717) is 61.1 Å². The summed E-state index contributed by atoms with van der Waals surface area (Å²) in [6, 6.07) is -2.04.